The molecule has 1 aliphatic rings. The maximum Gasteiger partial charge on any atom is 0.00104 e. The molecule has 1 aliphatic heterocycles. The summed E-state index contributed by atoms with van der Waals surface area (Å²) in [5.74, 6) is 1.83. The maximum absolute atomic E-state index is 5.77. The number of rotatable bonds is 6. The lowest BCUT2D eigenvalue weighted by Crippen LogP contribution is -2.26. The van der Waals surface area contributed by atoms with E-state index in [1.165, 1.54) is 58.2 Å². The van der Waals surface area contributed by atoms with Gasteiger partial charge in [-0.2, -0.15) is 0 Å². The van der Waals surface area contributed by atoms with E-state index in [1.807, 2.05) is 0 Å². The van der Waals surface area contributed by atoms with E-state index in [2.05, 4.69) is 25.7 Å². The fourth-order valence-corrected chi connectivity index (χ4v) is 2.87. The van der Waals surface area contributed by atoms with E-state index in [9.17, 15) is 0 Å². The molecule has 0 saturated carbocycles. The second-order valence-corrected chi connectivity index (χ2v) is 6.25. The molecule has 1 fully saturated rings. The van der Waals surface area contributed by atoms with Gasteiger partial charge < -0.3 is 10.6 Å². The largest absolute Gasteiger partial charge is 0.328 e. The first-order valence-corrected chi connectivity index (χ1v) is 7.57. The van der Waals surface area contributed by atoms with Crippen molar-refractivity contribution in [3.8, 4) is 0 Å². The van der Waals surface area contributed by atoms with Crippen LogP contribution in [0.5, 0.6) is 0 Å². The Morgan fingerprint density at radius 3 is 2.53 bits per heavy atom. The van der Waals surface area contributed by atoms with E-state index < -0.39 is 0 Å². The number of unbranched alkanes of at least 4 members (excludes halogenated alkanes) is 1. The number of hydrogen-bond acceptors (Lipinski definition) is 2. The number of hydrogen-bond donors (Lipinski definition) is 1. The lowest BCUT2D eigenvalue weighted by Gasteiger charge is -2.21. The summed E-state index contributed by atoms with van der Waals surface area (Å²) < 4.78 is 0. The minimum absolute atomic E-state index is 0.379. The Morgan fingerprint density at radius 1 is 1.12 bits per heavy atom. The minimum atomic E-state index is 0.379. The number of nitrogens with two attached hydrogens (primary N) is 1. The Kier molecular flexibility index (Phi) is 7.14. The number of nitrogens with zero attached hydrogens (tertiary/aromatic N) is 1. The lowest BCUT2D eigenvalue weighted by atomic mass is 9.89. The average molecular weight is 240 g/mol. The SMILES string of the molecule is CC(N)CCCCN1CCCC(C(C)C)CC1. The molecule has 1 heterocycles. The van der Waals surface area contributed by atoms with Crippen molar-refractivity contribution in [3.05, 3.63) is 0 Å². The molecule has 2 nitrogen and oxygen atoms in total. The minimum Gasteiger partial charge on any atom is -0.328 e. The number of likely N-dealkylation sites (tertiary alicyclic amines) is 1. The molecule has 0 aromatic carbocycles. The van der Waals surface area contributed by atoms with E-state index in [0.29, 0.717) is 6.04 Å². The van der Waals surface area contributed by atoms with Gasteiger partial charge >= 0.3 is 0 Å². The van der Waals surface area contributed by atoms with Gasteiger partial charge in [-0.25, -0.2) is 0 Å². The topological polar surface area (TPSA) is 29.3 Å². The van der Waals surface area contributed by atoms with Crippen molar-refractivity contribution in [1.29, 1.82) is 0 Å². The molecular formula is C15H32N2. The molecule has 0 spiro atoms. The zero-order valence-electron chi connectivity index (χ0n) is 12.1. The van der Waals surface area contributed by atoms with E-state index in [0.717, 1.165) is 11.8 Å². The van der Waals surface area contributed by atoms with Crippen molar-refractivity contribution in [2.45, 2.75) is 65.3 Å². The molecule has 1 saturated heterocycles. The molecule has 2 N–H and O–H groups in total. The van der Waals surface area contributed by atoms with Gasteiger partial charge in [0, 0.05) is 6.04 Å². The monoisotopic (exact) mass is 240 g/mol. The van der Waals surface area contributed by atoms with E-state index in [4.69, 9.17) is 5.73 Å². The van der Waals surface area contributed by atoms with E-state index >= 15 is 0 Å². The quantitative estimate of drug-likeness (QED) is 0.722. The van der Waals surface area contributed by atoms with Gasteiger partial charge in [-0.3, -0.25) is 0 Å². The van der Waals surface area contributed by atoms with Gasteiger partial charge in [-0.05, 0) is 70.5 Å². The molecule has 102 valence electrons. The summed E-state index contributed by atoms with van der Waals surface area (Å²) in [5.41, 5.74) is 5.77. The van der Waals surface area contributed by atoms with Gasteiger partial charge in [-0.15, -0.1) is 0 Å². The zero-order valence-corrected chi connectivity index (χ0v) is 12.1. The Bertz CT molecular complexity index is 189. The van der Waals surface area contributed by atoms with Crippen molar-refractivity contribution in [2.24, 2.45) is 17.6 Å². The molecule has 0 aromatic rings. The van der Waals surface area contributed by atoms with Crippen molar-refractivity contribution < 1.29 is 0 Å². The molecule has 0 radical (unpaired) electrons. The van der Waals surface area contributed by atoms with Crippen molar-refractivity contribution in [3.63, 3.8) is 0 Å². The summed E-state index contributed by atoms with van der Waals surface area (Å²) in [5, 5.41) is 0. The molecule has 2 unspecified atom stereocenters. The smallest absolute Gasteiger partial charge is 0.00104 e. The highest BCUT2D eigenvalue weighted by molar-refractivity contribution is 4.72. The van der Waals surface area contributed by atoms with Crippen LogP contribution >= 0.6 is 0 Å². The summed E-state index contributed by atoms with van der Waals surface area (Å²) in [4.78, 5) is 2.67. The van der Waals surface area contributed by atoms with Crippen molar-refractivity contribution in [2.75, 3.05) is 19.6 Å². The Morgan fingerprint density at radius 2 is 1.88 bits per heavy atom. The highest BCUT2D eigenvalue weighted by Crippen LogP contribution is 2.24. The van der Waals surface area contributed by atoms with E-state index in [1.54, 1.807) is 0 Å². The average Bonchev–Trinajstić information content (AvgIpc) is 2.49. The Hall–Kier alpha value is -0.0800. The Labute approximate surface area is 108 Å². The van der Waals surface area contributed by atoms with Gasteiger partial charge in [0.05, 0.1) is 0 Å². The fraction of sp³-hybridized carbons (Fsp3) is 1.00. The molecule has 0 amide bonds. The second kappa shape index (κ2) is 8.10. The van der Waals surface area contributed by atoms with Gasteiger partial charge in [0.1, 0.15) is 0 Å². The summed E-state index contributed by atoms with van der Waals surface area (Å²) in [6.45, 7) is 10.8. The summed E-state index contributed by atoms with van der Waals surface area (Å²) >= 11 is 0. The van der Waals surface area contributed by atoms with E-state index in [-0.39, 0.29) is 0 Å². The summed E-state index contributed by atoms with van der Waals surface area (Å²) in [6.07, 6.45) is 8.05. The Balaban J connectivity index is 2.14. The summed E-state index contributed by atoms with van der Waals surface area (Å²) in [7, 11) is 0. The maximum atomic E-state index is 5.77. The first-order valence-electron chi connectivity index (χ1n) is 7.57. The van der Waals surface area contributed by atoms with Crippen LogP contribution in [0.15, 0.2) is 0 Å². The third-order valence-corrected chi connectivity index (χ3v) is 4.19. The lowest BCUT2D eigenvalue weighted by molar-refractivity contribution is 0.265. The van der Waals surface area contributed by atoms with Crippen molar-refractivity contribution in [1.82, 2.24) is 4.90 Å². The predicted octanol–water partition coefficient (Wildman–Crippen LogP) is 3.26. The second-order valence-electron chi connectivity index (χ2n) is 6.25. The molecule has 2 heteroatoms. The highest BCUT2D eigenvalue weighted by Gasteiger charge is 2.18. The standard InChI is InChI=1S/C15H32N2/c1-13(2)15-8-6-11-17(12-9-15)10-5-4-7-14(3)16/h13-15H,4-12,16H2,1-3H3. The zero-order chi connectivity index (χ0) is 12.7. The molecule has 1 rings (SSSR count). The van der Waals surface area contributed by atoms with Gasteiger partial charge in [0.15, 0.2) is 0 Å². The molecular weight excluding hydrogens is 208 g/mol. The first kappa shape index (κ1) is 15.0. The van der Waals surface area contributed by atoms with Crippen LogP contribution in [0, 0.1) is 11.8 Å². The van der Waals surface area contributed by atoms with Gasteiger partial charge in [0.25, 0.3) is 0 Å². The highest BCUT2D eigenvalue weighted by atomic mass is 15.1. The first-order chi connectivity index (χ1) is 8.09. The van der Waals surface area contributed by atoms with Gasteiger partial charge in [-0.1, -0.05) is 20.3 Å². The fourth-order valence-electron chi connectivity index (χ4n) is 2.87. The van der Waals surface area contributed by atoms with Crippen LogP contribution in [0.2, 0.25) is 0 Å². The molecule has 0 aromatic heterocycles. The van der Waals surface area contributed by atoms with Crippen LogP contribution in [0.3, 0.4) is 0 Å². The summed E-state index contributed by atoms with van der Waals surface area (Å²) in [6, 6.07) is 0.379. The van der Waals surface area contributed by atoms with Crippen molar-refractivity contribution >= 4 is 0 Å². The van der Waals surface area contributed by atoms with Crippen LogP contribution in [0.25, 0.3) is 0 Å². The molecule has 2 atom stereocenters. The molecule has 0 aliphatic carbocycles. The van der Waals surface area contributed by atoms with Crippen LogP contribution in [0.1, 0.15) is 59.3 Å². The van der Waals surface area contributed by atoms with Crippen LogP contribution in [-0.4, -0.2) is 30.6 Å². The van der Waals surface area contributed by atoms with Crippen LogP contribution in [0.4, 0.5) is 0 Å². The predicted molar refractivity (Wildman–Crippen MR) is 76.1 cm³/mol. The van der Waals surface area contributed by atoms with Crippen LogP contribution < -0.4 is 5.73 Å². The normalized spacial score (nSPS) is 24.9. The third kappa shape index (κ3) is 6.42. The third-order valence-electron chi connectivity index (χ3n) is 4.19. The van der Waals surface area contributed by atoms with Gasteiger partial charge in [0.2, 0.25) is 0 Å². The molecule has 0 bridgehead atoms. The molecule has 17 heavy (non-hydrogen) atoms. The van der Waals surface area contributed by atoms with Crippen LogP contribution in [-0.2, 0) is 0 Å².